The summed E-state index contributed by atoms with van der Waals surface area (Å²) in [5, 5.41) is 12.0. The van der Waals surface area contributed by atoms with Crippen LogP contribution < -0.4 is 11.1 Å². The molecule has 1 aromatic heterocycles. The molecule has 0 unspecified atom stereocenters. The highest BCUT2D eigenvalue weighted by Gasteiger charge is 2.10. The van der Waals surface area contributed by atoms with Crippen LogP contribution in [0.15, 0.2) is 41.0 Å². The Balaban J connectivity index is 2.19. The molecule has 0 atom stereocenters. The second-order valence-corrected chi connectivity index (χ2v) is 3.54. The minimum Gasteiger partial charge on any atom is -0.478 e. The second-order valence-electron chi connectivity index (χ2n) is 3.54. The number of nitrogen functional groups attached to an aromatic ring is 1. The number of carbonyl (C=O) groups is 1. The van der Waals surface area contributed by atoms with Crippen LogP contribution >= 0.6 is 0 Å². The molecule has 0 spiro atoms. The van der Waals surface area contributed by atoms with Gasteiger partial charge in [-0.25, -0.2) is 4.79 Å². The van der Waals surface area contributed by atoms with E-state index < -0.39 is 5.97 Å². The summed E-state index contributed by atoms with van der Waals surface area (Å²) in [6.45, 7) is 0.413. The third kappa shape index (κ3) is 2.57. The molecule has 5 nitrogen and oxygen atoms in total. The van der Waals surface area contributed by atoms with E-state index in [9.17, 15) is 4.79 Å². The van der Waals surface area contributed by atoms with Crippen molar-refractivity contribution in [2.45, 2.75) is 6.54 Å². The fourth-order valence-corrected chi connectivity index (χ4v) is 1.49. The number of carboxylic acids is 1. The van der Waals surface area contributed by atoms with Gasteiger partial charge in [-0.1, -0.05) is 0 Å². The molecule has 1 aromatic carbocycles. The van der Waals surface area contributed by atoms with Crippen LogP contribution in [0.2, 0.25) is 0 Å². The van der Waals surface area contributed by atoms with Crippen LogP contribution in [0, 0.1) is 0 Å². The van der Waals surface area contributed by atoms with Gasteiger partial charge in [0.15, 0.2) is 0 Å². The summed E-state index contributed by atoms with van der Waals surface area (Å²) in [6, 6.07) is 8.20. The minimum atomic E-state index is -0.994. The Kier molecular flexibility index (Phi) is 3.00. The van der Waals surface area contributed by atoms with Gasteiger partial charge < -0.3 is 20.6 Å². The highest BCUT2D eigenvalue weighted by molar-refractivity contribution is 5.95. The molecule has 4 N–H and O–H groups in total. The molecule has 0 amide bonds. The Bertz CT molecular complexity index is 521. The van der Waals surface area contributed by atoms with Gasteiger partial charge in [-0.05, 0) is 30.3 Å². The highest BCUT2D eigenvalue weighted by atomic mass is 16.4. The van der Waals surface area contributed by atoms with Crippen LogP contribution in [-0.2, 0) is 6.54 Å². The van der Waals surface area contributed by atoms with Crippen molar-refractivity contribution in [3.63, 3.8) is 0 Å². The van der Waals surface area contributed by atoms with Crippen molar-refractivity contribution in [3.05, 3.63) is 47.9 Å². The Labute approximate surface area is 97.9 Å². The second kappa shape index (κ2) is 4.61. The summed E-state index contributed by atoms with van der Waals surface area (Å²) < 4.78 is 5.14. The van der Waals surface area contributed by atoms with Crippen molar-refractivity contribution in [1.29, 1.82) is 0 Å². The number of hydrogen-bond acceptors (Lipinski definition) is 4. The van der Waals surface area contributed by atoms with Crippen LogP contribution in [0.25, 0.3) is 0 Å². The van der Waals surface area contributed by atoms with E-state index in [-0.39, 0.29) is 5.56 Å². The van der Waals surface area contributed by atoms with E-state index in [1.807, 2.05) is 0 Å². The van der Waals surface area contributed by atoms with Gasteiger partial charge in [0.2, 0.25) is 0 Å². The van der Waals surface area contributed by atoms with Gasteiger partial charge in [-0.3, -0.25) is 0 Å². The molecule has 1 heterocycles. The molecule has 2 rings (SSSR count). The van der Waals surface area contributed by atoms with E-state index >= 15 is 0 Å². The van der Waals surface area contributed by atoms with Gasteiger partial charge in [-0.2, -0.15) is 0 Å². The molecule has 0 aliphatic carbocycles. The summed E-state index contributed by atoms with van der Waals surface area (Å²) in [4.78, 5) is 11.0. The Morgan fingerprint density at radius 2 is 2.24 bits per heavy atom. The van der Waals surface area contributed by atoms with Gasteiger partial charge in [0.05, 0.1) is 24.1 Å². The number of nitrogens with two attached hydrogens (primary N) is 1. The molecule has 0 saturated carbocycles. The minimum absolute atomic E-state index is 0.186. The molecular weight excluding hydrogens is 220 g/mol. The third-order valence-electron chi connectivity index (χ3n) is 2.31. The lowest BCUT2D eigenvalue weighted by molar-refractivity contribution is 0.0698. The lowest BCUT2D eigenvalue weighted by Gasteiger charge is -2.09. The number of nitrogens with one attached hydrogen (secondary N) is 1. The number of carboxylic acid groups (broad SMARTS) is 1. The predicted octanol–water partition coefficient (Wildman–Crippen LogP) is 2.17. The maximum Gasteiger partial charge on any atom is 0.337 e. The molecule has 0 fully saturated rings. The first kappa shape index (κ1) is 11.1. The first-order valence-corrected chi connectivity index (χ1v) is 5.06. The Morgan fingerprint density at radius 1 is 1.41 bits per heavy atom. The molecule has 0 radical (unpaired) electrons. The average Bonchev–Trinajstić information content (AvgIpc) is 2.78. The summed E-state index contributed by atoms with van der Waals surface area (Å²) in [6.07, 6.45) is 1.56. The quantitative estimate of drug-likeness (QED) is 0.703. The number of benzene rings is 1. The third-order valence-corrected chi connectivity index (χ3v) is 2.31. The van der Waals surface area contributed by atoms with E-state index in [1.165, 1.54) is 6.07 Å². The van der Waals surface area contributed by atoms with Crippen LogP contribution in [0.5, 0.6) is 0 Å². The number of hydrogen-bond donors (Lipinski definition) is 3. The largest absolute Gasteiger partial charge is 0.478 e. The lowest BCUT2D eigenvalue weighted by atomic mass is 10.1. The lowest BCUT2D eigenvalue weighted by Crippen LogP contribution is -2.06. The van der Waals surface area contributed by atoms with Crippen LogP contribution in [0.1, 0.15) is 16.1 Å². The average molecular weight is 232 g/mol. The van der Waals surface area contributed by atoms with E-state index in [4.69, 9.17) is 15.3 Å². The Hall–Kier alpha value is -2.43. The summed E-state index contributed by atoms with van der Waals surface area (Å²) in [5.74, 6) is -0.268. The van der Waals surface area contributed by atoms with E-state index in [0.717, 1.165) is 5.76 Å². The van der Waals surface area contributed by atoms with Gasteiger partial charge in [0.1, 0.15) is 5.76 Å². The number of furan rings is 1. The highest BCUT2D eigenvalue weighted by Crippen LogP contribution is 2.20. The SMILES string of the molecule is Nc1ccc(C(=O)O)c(NCc2ccco2)c1. The van der Waals surface area contributed by atoms with Crippen molar-refractivity contribution in [3.8, 4) is 0 Å². The fourth-order valence-electron chi connectivity index (χ4n) is 1.49. The van der Waals surface area contributed by atoms with Crippen molar-refractivity contribution < 1.29 is 14.3 Å². The summed E-state index contributed by atoms with van der Waals surface area (Å²) in [5.41, 5.74) is 6.80. The van der Waals surface area contributed by atoms with Gasteiger partial charge in [-0.15, -0.1) is 0 Å². The van der Waals surface area contributed by atoms with E-state index in [1.54, 1.807) is 30.5 Å². The van der Waals surface area contributed by atoms with E-state index in [0.29, 0.717) is 17.9 Å². The topological polar surface area (TPSA) is 88.5 Å². The maximum atomic E-state index is 11.0. The fraction of sp³-hybridized carbons (Fsp3) is 0.0833. The molecular formula is C12H12N2O3. The Morgan fingerprint density at radius 3 is 2.88 bits per heavy atom. The van der Waals surface area contributed by atoms with Gasteiger partial charge in [0.25, 0.3) is 0 Å². The summed E-state index contributed by atoms with van der Waals surface area (Å²) in [7, 11) is 0. The van der Waals surface area contributed by atoms with Crippen LogP contribution in [0.3, 0.4) is 0 Å². The standard InChI is InChI=1S/C12H12N2O3/c13-8-3-4-10(12(15)16)11(6-8)14-7-9-2-1-5-17-9/h1-6,14H,7,13H2,(H,15,16). The molecule has 0 saturated heterocycles. The normalized spacial score (nSPS) is 10.1. The number of aromatic carboxylic acids is 1. The van der Waals surface area contributed by atoms with Crippen LogP contribution in [0.4, 0.5) is 11.4 Å². The molecule has 0 bridgehead atoms. The predicted molar refractivity (Wildman–Crippen MR) is 63.8 cm³/mol. The van der Waals surface area contributed by atoms with Crippen molar-refractivity contribution in [1.82, 2.24) is 0 Å². The molecule has 17 heavy (non-hydrogen) atoms. The molecule has 0 aliphatic heterocycles. The zero-order valence-corrected chi connectivity index (χ0v) is 9.01. The van der Waals surface area contributed by atoms with Crippen molar-refractivity contribution in [2.24, 2.45) is 0 Å². The monoisotopic (exact) mass is 232 g/mol. The van der Waals surface area contributed by atoms with Crippen molar-refractivity contribution in [2.75, 3.05) is 11.1 Å². The molecule has 88 valence electrons. The van der Waals surface area contributed by atoms with Gasteiger partial charge >= 0.3 is 5.97 Å². The molecule has 0 aliphatic rings. The van der Waals surface area contributed by atoms with Crippen molar-refractivity contribution >= 4 is 17.3 Å². The zero-order chi connectivity index (χ0) is 12.3. The van der Waals surface area contributed by atoms with E-state index in [2.05, 4.69) is 5.32 Å². The zero-order valence-electron chi connectivity index (χ0n) is 9.01. The first-order chi connectivity index (χ1) is 8.16. The smallest absolute Gasteiger partial charge is 0.337 e. The molecule has 5 heteroatoms. The van der Waals surface area contributed by atoms with Crippen LogP contribution in [-0.4, -0.2) is 11.1 Å². The number of rotatable bonds is 4. The van der Waals surface area contributed by atoms with Gasteiger partial charge in [0, 0.05) is 5.69 Å². The molecule has 2 aromatic rings. The first-order valence-electron chi connectivity index (χ1n) is 5.06. The summed E-state index contributed by atoms with van der Waals surface area (Å²) >= 11 is 0. The maximum absolute atomic E-state index is 11.0. The number of anilines is 2.